The van der Waals surface area contributed by atoms with Crippen LogP contribution < -0.4 is 0 Å². The number of benzene rings is 2. The lowest BCUT2D eigenvalue weighted by atomic mass is 9.98. The number of nitrogens with one attached hydrogen (secondary N) is 1. The fourth-order valence-electron chi connectivity index (χ4n) is 4.00. The second-order valence-corrected chi connectivity index (χ2v) is 7.31. The van der Waals surface area contributed by atoms with Gasteiger partial charge in [-0.1, -0.05) is 30.3 Å². The number of hydrogen-bond acceptors (Lipinski definition) is 3. The van der Waals surface area contributed by atoms with Crippen molar-refractivity contribution >= 4 is 0 Å². The molecule has 1 fully saturated rings. The van der Waals surface area contributed by atoms with Crippen LogP contribution in [0, 0.1) is 5.82 Å². The van der Waals surface area contributed by atoms with E-state index in [9.17, 15) is 4.39 Å². The fraction of sp³-hybridized carbons (Fsp3) is 0.217. The minimum absolute atomic E-state index is 0.250. The summed E-state index contributed by atoms with van der Waals surface area (Å²) in [4.78, 5) is 4.75. The first-order chi connectivity index (χ1) is 14.3. The summed E-state index contributed by atoms with van der Waals surface area (Å²) in [6.07, 6.45) is 4.72. The Balaban J connectivity index is 1.53. The minimum atomic E-state index is -0.250. The number of hydrogen-bond donors (Lipinski definition) is 1. The lowest BCUT2D eigenvalue weighted by molar-refractivity contribution is 0.193. The van der Waals surface area contributed by atoms with E-state index in [0.29, 0.717) is 19.1 Å². The molecule has 4 aromatic rings. The predicted octanol–water partition coefficient (Wildman–Crippen LogP) is 4.63. The average molecular weight is 388 g/mol. The molecule has 5 rings (SSSR count). The van der Waals surface area contributed by atoms with Gasteiger partial charge in [0.1, 0.15) is 5.82 Å². The molecule has 1 N–H and O–H groups in total. The van der Waals surface area contributed by atoms with Gasteiger partial charge in [0.2, 0.25) is 0 Å². The molecule has 1 saturated heterocycles. The third-order valence-electron chi connectivity index (χ3n) is 5.43. The lowest BCUT2D eigenvalue weighted by Crippen LogP contribution is -2.10. The molecular weight excluding hydrogens is 367 g/mol. The minimum Gasteiger partial charge on any atom is -0.381 e. The zero-order valence-corrected chi connectivity index (χ0v) is 15.9. The summed E-state index contributed by atoms with van der Waals surface area (Å²) in [6, 6.07) is 16.7. The smallest absolute Gasteiger partial charge is 0.123 e. The van der Waals surface area contributed by atoms with Crippen molar-refractivity contribution in [3.63, 3.8) is 0 Å². The average Bonchev–Trinajstić information content (AvgIpc) is 3.50. The van der Waals surface area contributed by atoms with Crippen LogP contribution in [0.2, 0.25) is 0 Å². The maximum atomic E-state index is 13.3. The summed E-state index contributed by atoms with van der Waals surface area (Å²) in [5.74, 6) is 0.0642. The molecular formula is C23H21FN4O. The maximum absolute atomic E-state index is 13.3. The molecule has 0 radical (unpaired) electrons. The second kappa shape index (κ2) is 7.64. The van der Waals surface area contributed by atoms with Crippen LogP contribution in [0.15, 0.2) is 67.1 Å². The first-order valence-electron chi connectivity index (χ1n) is 9.76. The molecule has 0 bridgehead atoms. The molecule has 5 nitrogen and oxygen atoms in total. The van der Waals surface area contributed by atoms with Crippen LogP contribution in [0.3, 0.4) is 0 Å². The SMILES string of the molecule is Fc1ccc(-c2[nH]ncc2Cn2cnc(-c3ccccc3)c2[C@H]2CCOC2)cc1. The summed E-state index contributed by atoms with van der Waals surface area (Å²) in [6.45, 7) is 2.12. The van der Waals surface area contributed by atoms with Gasteiger partial charge in [-0.25, -0.2) is 9.37 Å². The van der Waals surface area contributed by atoms with E-state index in [2.05, 4.69) is 26.9 Å². The Hall–Kier alpha value is -3.25. The van der Waals surface area contributed by atoms with Gasteiger partial charge in [-0.2, -0.15) is 5.10 Å². The Labute approximate surface area is 168 Å². The summed E-state index contributed by atoms with van der Waals surface area (Å²) < 4.78 is 21.2. The van der Waals surface area contributed by atoms with Gasteiger partial charge in [0, 0.05) is 29.2 Å². The predicted molar refractivity (Wildman–Crippen MR) is 109 cm³/mol. The Morgan fingerprint density at radius 2 is 1.90 bits per heavy atom. The number of H-pyrrole nitrogens is 1. The monoisotopic (exact) mass is 388 g/mol. The van der Waals surface area contributed by atoms with Gasteiger partial charge >= 0.3 is 0 Å². The first-order valence-corrected chi connectivity index (χ1v) is 9.76. The Bertz CT molecular complexity index is 1100. The van der Waals surface area contributed by atoms with E-state index < -0.39 is 0 Å². The van der Waals surface area contributed by atoms with Crippen molar-refractivity contribution in [1.82, 2.24) is 19.7 Å². The van der Waals surface area contributed by atoms with Crippen molar-refractivity contribution in [2.45, 2.75) is 18.9 Å². The van der Waals surface area contributed by atoms with Crippen LogP contribution in [-0.4, -0.2) is 33.0 Å². The molecule has 2 aromatic carbocycles. The third-order valence-corrected chi connectivity index (χ3v) is 5.43. The molecule has 146 valence electrons. The highest BCUT2D eigenvalue weighted by Crippen LogP contribution is 2.34. The Morgan fingerprint density at radius 3 is 2.66 bits per heavy atom. The van der Waals surface area contributed by atoms with Crippen LogP contribution in [0.1, 0.15) is 23.6 Å². The summed E-state index contributed by atoms with van der Waals surface area (Å²) >= 11 is 0. The maximum Gasteiger partial charge on any atom is 0.123 e. The molecule has 0 unspecified atom stereocenters. The third kappa shape index (κ3) is 3.47. The number of rotatable bonds is 5. The lowest BCUT2D eigenvalue weighted by Gasteiger charge is -2.15. The van der Waals surface area contributed by atoms with Crippen molar-refractivity contribution < 1.29 is 9.13 Å². The van der Waals surface area contributed by atoms with Crippen LogP contribution >= 0.6 is 0 Å². The van der Waals surface area contributed by atoms with E-state index in [-0.39, 0.29) is 5.82 Å². The number of imidazole rings is 1. The van der Waals surface area contributed by atoms with E-state index in [1.54, 1.807) is 12.1 Å². The van der Waals surface area contributed by atoms with Gasteiger partial charge in [0.25, 0.3) is 0 Å². The second-order valence-electron chi connectivity index (χ2n) is 7.31. The molecule has 0 aliphatic carbocycles. The fourth-order valence-corrected chi connectivity index (χ4v) is 4.00. The highest BCUT2D eigenvalue weighted by Gasteiger charge is 2.26. The van der Waals surface area contributed by atoms with Gasteiger partial charge in [-0.15, -0.1) is 0 Å². The molecule has 2 aromatic heterocycles. The quantitative estimate of drug-likeness (QED) is 0.542. The Morgan fingerprint density at radius 1 is 1.07 bits per heavy atom. The van der Waals surface area contributed by atoms with Crippen LogP contribution in [0.25, 0.3) is 22.5 Å². The summed E-state index contributed by atoms with van der Waals surface area (Å²) in [5.41, 5.74) is 6.16. The molecule has 1 aliphatic rings. The number of nitrogens with zero attached hydrogens (tertiary/aromatic N) is 3. The number of halogens is 1. The molecule has 3 heterocycles. The summed E-state index contributed by atoms with van der Waals surface area (Å²) in [5, 5.41) is 7.29. The van der Waals surface area contributed by atoms with E-state index in [4.69, 9.17) is 9.72 Å². The molecule has 0 spiro atoms. The van der Waals surface area contributed by atoms with Crippen LogP contribution in [-0.2, 0) is 11.3 Å². The topological polar surface area (TPSA) is 55.7 Å². The Kier molecular flexibility index (Phi) is 4.69. The molecule has 1 atom stereocenters. The highest BCUT2D eigenvalue weighted by atomic mass is 19.1. The van der Waals surface area contributed by atoms with Crippen LogP contribution in [0.5, 0.6) is 0 Å². The van der Waals surface area contributed by atoms with Gasteiger partial charge in [0.05, 0.1) is 42.8 Å². The zero-order valence-electron chi connectivity index (χ0n) is 15.9. The van der Waals surface area contributed by atoms with E-state index >= 15 is 0 Å². The zero-order chi connectivity index (χ0) is 19.6. The standard InChI is InChI=1S/C23H21FN4O/c24-20-8-6-17(7-9-20)21-19(12-26-27-21)13-28-15-25-22(16-4-2-1-3-5-16)23(28)18-10-11-29-14-18/h1-9,12,15,18H,10-11,13-14H2,(H,26,27)/t18-/m0/s1. The van der Waals surface area contributed by atoms with Gasteiger partial charge in [0.15, 0.2) is 0 Å². The van der Waals surface area contributed by atoms with Crippen LogP contribution in [0.4, 0.5) is 4.39 Å². The van der Waals surface area contributed by atoms with Crippen molar-refractivity contribution in [3.05, 3.63) is 84.2 Å². The molecule has 0 amide bonds. The van der Waals surface area contributed by atoms with Gasteiger partial charge in [-0.05, 0) is 30.7 Å². The number of aromatic nitrogens is 4. The van der Waals surface area contributed by atoms with Gasteiger partial charge in [-0.3, -0.25) is 5.10 Å². The van der Waals surface area contributed by atoms with Crippen molar-refractivity contribution in [3.8, 4) is 22.5 Å². The first kappa shape index (κ1) is 17.8. The molecule has 0 saturated carbocycles. The normalized spacial score (nSPS) is 16.4. The van der Waals surface area contributed by atoms with E-state index in [1.807, 2.05) is 30.7 Å². The van der Waals surface area contributed by atoms with E-state index in [1.165, 1.54) is 17.8 Å². The van der Waals surface area contributed by atoms with Crippen molar-refractivity contribution in [2.24, 2.45) is 0 Å². The number of ether oxygens (including phenoxy) is 1. The van der Waals surface area contributed by atoms with Gasteiger partial charge < -0.3 is 9.30 Å². The molecule has 29 heavy (non-hydrogen) atoms. The van der Waals surface area contributed by atoms with Crippen molar-refractivity contribution in [1.29, 1.82) is 0 Å². The van der Waals surface area contributed by atoms with Crippen molar-refractivity contribution in [2.75, 3.05) is 13.2 Å². The number of aromatic amines is 1. The molecule has 6 heteroatoms. The van der Waals surface area contributed by atoms with E-state index in [0.717, 1.165) is 41.1 Å². The molecule has 1 aliphatic heterocycles. The summed E-state index contributed by atoms with van der Waals surface area (Å²) in [7, 11) is 0. The largest absolute Gasteiger partial charge is 0.381 e. The highest BCUT2D eigenvalue weighted by molar-refractivity contribution is 5.64.